The Balaban J connectivity index is 3.52. The highest BCUT2D eigenvalue weighted by molar-refractivity contribution is 5.83. The molecule has 0 bridgehead atoms. The van der Waals surface area contributed by atoms with Crippen molar-refractivity contribution in [2.24, 2.45) is 0 Å². The van der Waals surface area contributed by atoms with Crippen LogP contribution in [-0.2, 0) is 14.3 Å². The van der Waals surface area contributed by atoms with Gasteiger partial charge in [0.2, 0.25) is 0 Å². The average Bonchev–Trinajstić information content (AvgIpc) is 2.29. The van der Waals surface area contributed by atoms with E-state index in [9.17, 15) is 22.8 Å². The van der Waals surface area contributed by atoms with E-state index in [1.807, 2.05) is 0 Å². The molecule has 0 aromatic rings. The largest absolute Gasteiger partial charge is 0.490 e. The first-order valence-corrected chi connectivity index (χ1v) is 6.13. The third kappa shape index (κ3) is 9.01. The fourth-order valence-electron chi connectivity index (χ4n) is 1.40. The number of hydrogen-bond donors (Lipinski definition) is 0. The summed E-state index contributed by atoms with van der Waals surface area (Å²) in [6.45, 7) is 1.31. The lowest BCUT2D eigenvalue weighted by molar-refractivity contribution is -0.199. The minimum Gasteiger partial charge on any atom is -0.451 e. The first-order valence-electron chi connectivity index (χ1n) is 6.13. The number of unbranched alkanes of at least 4 members (excludes halogenated alkanes) is 5. The number of hydrogen-bond acceptors (Lipinski definition) is 3. The molecular weight excluding hydrogens is 249 g/mol. The third-order valence-electron chi connectivity index (χ3n) is 2.40. The first kappa shape index (κ1) is 16.9. The Kier molecular flexibility index (Phi) is 8.41. The number of Topliss-reactive ketones (excluding diaryl/α,β-unsaturated/α-hetero) is 1. The van der Waals surface area contributed by atoms with Crippen LogP contribution in [0.1, 0.15) is 51.9 Å². The summed E-state index contributed by atoms with van der Waals surface area (Å²) < 4.78 is 39.1. The van der Waals surface area contributed by atoms with Crippen LogP contribution in [-0.4, -0.2) is 24.5 Å². The number of carbonyl (C=O) groups excluding carboxylic acids is 2. The van der Waals surface area contributed by atoms with Gasteiger partial charge in [-0.15, -0.1) is 0 Å². The van der Waals surface area contributed by atoms with Gasteiger partial charge in [0.05, 0.1) is 0 Å². The van der Waals surface area contributed by atoms with Crippen molar-refractivity contribution in [1.82, 2.24) is 0 Å². The molecule has 0 saturated heterocycles. The Bertz CT molecular complexity index is 262. The molecule has 3 nitrogen and oxygen atoms in total. The molecule has 0 rings (SSSR count). The van der Waals surface area contributed by atoms with Crippen LogP contribution in [0.2, 0.25) is 0 Å². The molecule has 0 saturated carbocycles. The highest BCUT2D eigenvalue weighted by Crippen LogP contribution is 2.16. The number of alkyl halides is 3. The normalized spacial score (nSPS) is 11.3. The van der Waals surface area contributed by atoms with Gasteiger partial charge < -0.3 is 4.74 Å². The Labute approximate surface area is 105 Å². The van der Waals surface area contributed by atoms with E-state index in [1.165, 1.54) is 0 Å². The Morgan fingerprint density at radius 2 is 1.56 bits per heavy atom. The van der Waals surface area contributed by atoms with E-state index < -0.39 is 24.5 Å². The van der Waals surface area contributed by atoms with Gasteiger partial charge in [0.1, 0.15) is 6.61 Å². The fourth-order valence-corrected chi connectivity index (χ4v) is 1.40. The number of esters is 1. The lowest BCUT2D eigenvalue weighted by Gasteiger charge is -2.06. The average molecular weight is 268 g/mol. The Morgan fingerprint density at radius 1 is 1.00 bits per heavy atom. The van der Waals surface area contributed by atoms with Gasteiger partial charge in [-0.05, 0) is 6.42 Å². The molecule has 0 aliphatic carbocycles. The highest BCUT2D eigenvalue weighted by atomic mass is 19.4. The molecule has 0 radical (unpaired) electrons. The van der Waals surface area contributed by atoms with Crippen molar-refractivity contribution in [2.75, 3.05) is 6.61 Å². The van der Waals surface area contributed by atoms with Crippen molar-refractivity contribution >= 4 is 11.8 Å². The molecule has 0 aliphatic heterocycles. The number of ether oxygens (including phenoxy) is 1. The van der Waals surface area contributed by atoms with Gasteiger partial charge in [-0.2, -0.15) is 13.2 Å². The van der Waals surface area contributed by atoms with Crippen molar-refractivity contribution in [3.63, 3.8) is 0 Å². The van der Waals surface area contributed by atoms with E-state index in [-0.39, 0.29) is 6.42 Å². The third-order valence-corrected chi connectivity index (χ3v) is 2.40. The van der Waals surface area contributed by atoms with E-state index in [0.29, 0.717) is 6.42 Å². The summed E-state index contributed by atoms with van der Waals surface area (Å²) in [5, 5.41) is 0. The van der Waals surface area contributed by atoms with Gasteiger partial charge in [0.15, 0.2) is 5.78 Å². The van der Waals surface area contributed by atoms with Crippen LogP contribution in [0.3, 0.4) is 0 Å². The SMILES string of the molecule is CCCCCCCCC(=O)COC(=O)C(F)(F)F. The van der Waals surface area contributed by atoms with Crippen molar-refractivity contribution in [1.29, 1.82) is 0 Å². The minimum absolute atomic E-state index is 0.164. The zero-order valence-corrected chi connectivity index (χ0v) is 10.5. The second-order valence-corrected chi connectivity index (χ2v) is 4.13. The van der Waals surface area contributed by atoms with E-state index in [1.54, 1.807) is 0 Å². The standard InChI is InChI=1S/C12H19F3O3/c1-2-3-4-5-6-7-8-10(16)9-18-11(17)12(13,14)15/h2-9H2,1H3. The molecule has 0 spiro atoms. The topological polar surface area (TPSA) is 43.4 Å². The van der Waals surface area contributed by atoms with Gasteiger partial charge in [0, 0.05) is 6.42 Å². The summed E-state index contributed by atoms with van der Waals surface area (Å²) in [6.07, 6.45) is 1.05. The highest BCUT2D eigenvalue weighted by Gasteiger charge is 2.41. The molecule has 6 heteroatoms. The monoisotopic (exact) mass is 268 g/mol. The van der Waals surface area contributed by atoms with Gasteiger partial charge >= 0.3 is 12.1 Å². The van der Waals surface area contributed by atoms with Gasteiger partial charge in [-0.3, -0.25) is 4.79 Å². The summed E-state index contributed by atoms with van der Waals surface area (Å²) in [7, 11) is 0. The maximum Gasteiger partial charge on any atom is 0.490 e. The van der Waals surface area contributed by atoms with Crippen LogP contribution in [0.15, 0.2) is 0 Å². The quantitative estimate of drug-likeness (QED) is 0.475. The number of halogens is 3. The summed E-state index contributed by atoms with van der Waals surface area (Å²) in [5.41, 5.74) is 0. The lowest BCUT2D eigenvalue weighted by Crippen LogP contribution is -2.27. The van der Waals surface area contributed by atoms with Crippen LogP contribution in [0, 0.1) is 0 Å². The molecular formula is C12H19F3O3. The predicted molar refractivity (Wildman–Crippen MR) is 60.0 cm³/mol. The van der Waals surface area contributed by atoms with Crippen LogP contribution < -0.4 is 0 Å². The van der Waals surface area contributed by atoms with Crippen LogP contribution in [0.5, 0.6) is 0 Å². The minimum atomic E-state index is -5.03. The fraction of sp³-hybridized carbons (Fsp3) is 0.833. The van der Waals surface area contributed by atoms with E-state index in [2.05, 4.69) is 11.7 Å². The van der Waals surface area contributed by atoms with Crippen LogP contribution in [0.25, 0.3) is 0 Å². The van der Waals surface area contributed by atoms with Crippen LogP contribution in [0.4, 0.5) is 13.2 Å². The maximum atomic E-state index is 11.7. The molecule has 0 unspecified atom stereocenters. The number of ketones is 1. The summed E-state index contributed by atoms with van der Waals surface area (Å²) >= 11 is 0. The maximum absolute atomic E-state index is 11.7. The van der Waals surface area contributed by atoms with Gasteiger partial charge in [-0.1, -0.05) is 39.0 Å². The zero-order chi connectivity index (χ0) is 14.0. The smallest absolute Gasteiger partial charge is 0.451 e. The zero-order valence-electron chi connectivity index (χ0n) is 10.5. The van der Waals surface area contributed by atoms with Gasteiger partial charge in [0.25, 0.3) is 0 Å². The second kappa shape index (κ2) is 8.94. The molecule has 0 N–H and O–H groups in total. The molecule has 0 atom stereocenters. The second-order valence-electron chi connectivity index (χ2n) is 4.13. The molecule has 0 aromatic carbocycles. The van der Waals surface area contributed by atoms with Gasteiger partial charge in [-0.25, -0.2) is 4.79 Å². The van der Waals surface area contributed by atoms with Crippen molar-refractivity contribution < 1.29 is 27.5 Å². The summed E-state index contributed by atoms with van der Waals surface area (Å²) in [6, 6.07) is 0. The molecule has 0 amide bonds. The van der Waals surface area contributed by atoms with E-state index in [0.717, 1.165) is 32.1 Å². The molecule has 0 aromatic heterocycles. The van der Waals surface area contributed by atoms with Crippen molar-refractivity contribution in [3.8, 4) is 0 Å². The van der Waals surface area contributed by atoms with Crippen molar-refractivity contribution in [2.45, 2.75) is 58.0 Å². The Hall–Kier alpha value is -1.07. The summed E-state index contributed by atoms with van der Waals surface area (Å²) in [5.74, 6) is -2.78. The van der Waals surface area contributed by atoms with Crippen LogP contribution >= 0.6 is 0 Å². The molecule has 0 aliphatic rings. The molecule has 18 heavy (non-hydrogen) atoms. The van der Waals surface area contributed by atoms with E-state index in [4.69, 9.17) is 0 Å². The number of carbonyl (C=O) groups is 2. The molecule has 0 fully saturated rings. The first-order chi connectivity index (χ1) is 8.38. The molecule has 106 valence electrons. The van der Waals surface area contributed by atoms with E-state index >= 15 is 0 Å². The Morgan fingerprint density at radius 3 is 2.11 bits per heavy atom. The molecule has 0 heterocycles. The van der Waals surface area contributed by atoms with Crippen molar-refractivity contribution in [3.05, 3.63) is 0 Å². The summed E-state index contributed by atoms with van der Waals surface area (Å²) in [4.78, 5) is 21.4. The number of rotatable bonds is 9. The predicted octanol–water partition coefficient (Wildman–Crippen LogP) is 3.41. The lowest BCUT2D eigenvalue weighted by atomic mass is 10.1.